The van der Waals surface area contributed by atoms with E-state index in [2.05, 4.69) is 44.8 Å². The predicted octanol–water partition coefficient (Wildman–Crippen LogP) is 3.52. The van der Waals surface area contributed by atoms with E-state index in [1.807, 2.05) is 12.1 Å². The van der Waals surface area contributed by atoms with Crippen molar-refractivity contribution in [2.45, 2.75) is 33.1 Å². The summed E-state index contributed by atoms with van der Waals surface area (Å²) in [6, 6.07) is 8.21. The number of ether oxygens (including phenoxy) is 1. The largest absolute Gasteiger partial charge is 0.463 e. The molecule has 0 saturated carbocycles. The van der Waals surface area contributed by atoms with Crippen LogP contribution >= 0.6 is 0 Å². The Labute approximate surface area is 115 Å². The van der Waals surface area contributed by atoms with Crippen LogP contribution in [0.3, 0.4) is 0 Å². The van der Waals surface area contributed by atoms with Gasteiger partial charge >= 0.3 is 5.97 Å². The molecule has 1 aromatic rings. The van der Waals surface area contributed by atoms with Crippen molar-refractivity contribution >= 4 is 11.7 Å². The molecule has 1 rings (SSSR count). The van der Waals surface area contributed by atoms with E-state index in [9.17, 15) is 4.79 Å². The second-order valence-corrected chi connectivity index (χ2v) is 5.50. The van der Waals surface area contributed by atoms with E-state index in [0.29, 0.717) is 18.7 Å². The van der Waals surface area contributed by atoms with Gasteiger partial charge in [-0.25, -0.2) is 4.79 Å². The Bertz CT molecular complexity index is 441. The van der Waals surface area contributed by atoms with Crippen LogP contribution in [-0.4, -0.2) is 19.1 Å². The minimum atomic E-state index is -0.346. The molecule has 0 radical (unpaired) electrons. The van der Waals surface area contributed by atoms with Gasteiger partial charge in [0, 0.05) is 17.8 Å². The van der Waals surface area contributed by atoms with Crippen molar-refractivity contribution in [2.24, 2.45) is 0 Å². The summed E-state index contributed by atoms with van der Waals surface area (Å²) in [6.45, 7) is 12.8. The van der Waals surface area contributed by atoms with Crippen LogP contribution in [0.4, 0.5) is 5.69 Å². The number of anilines is 1. The van der Waals surface area contributed by atoms with Gasteiger partial charge in [-0.2, -0.15) is 0 Å². The standard InChI is InChI=1S/C16H23NO2/c1-6-19-15(18)12(2)11-17-14-9-7-13(8-10-14)16(3,4)5/h7-10,17H,2,6,11H2,1,3-5H3. The molecule has 0 heterocycles. The highest BCUT2D eigenvalue weighted by molar-refractivity contribution is 5.88. The summed E-state index contributed by atoms with van der Waals surface area (Å²) in [5.74, 6) is -0.346. The molecule has 3 heteroatoms. The van der Waals surface area contributed by atoms with E-state index in [4.69, 9.17) is 4.74 Å². The number of hydrogen-bond donors (Lipinski definition) is 1. The molecule has 0 atom stereocenters. The zero-order valence-electron chi connectivity index (χ0n) is 12.2. The van der Waals surface area contributed by atoms with Gasteiger partial charge in [-0.15, -0.1) is 0 Å². The molecule has 0 aliphatic carbocycles. The van der Waals surface area contributed by atoms with Gasteiger partial charge in [-0.3, -0.25) is 0 Å². The van der Waals surface area contributed by atoms with Crippen molar-refractivity contribution < 1.29 is 9.53 Å². The number of nitrogens with one attached hydrogen (secondary N) is 1. The molecule has 0 amide bonds. The lowest BCUT2D eigenvalue weighted by atomic mass is 9.87. The van der Waals surface area contributed by atoms with Crippen molar-refractivity contribution in [1.82, 2.24) is 0 Å². The summed E-state index contributed by atoms with van der Waals surface area (Å²) in [5.41, 5.74) is 2.83. The van der Waals surface area contributed by atoms with Crippen LogP contribution in [0.2, 0.25) is 0 Å². The lowest BCUT2D eigenvalue weighted by Gasteiger charge is -2.19. The van der Waals surface area contributed by atoms with Crippen molar-refractivity contribution in [3.05, 3.63) is 42.0 Å². The van der Waals surface area contributed by atoms with E-state index in [-0.39, 0.29) is 11.4 Å². The zero-order chi connectivity index (χ0) is 14.5. The lowest BCUT2D eigenvalue weighted by Crippen LogP contribution is -2.15. The molecule has 0 bridgehead atoms. The molecule has 1 aromatic carbocycles. The van der Waals surface area contributed by atoms with Crippen LogP contribution < -0.4 is 5.32 Å². The maximum Gasteiger partial charge on any atom is 0.335 e. The quantitative estimate of drug-likeness (QED) is 0.651. The molecule has 0 aromatic heterocycles. The average molecular weight is 261 g/mol. The highest BCUT2D eigenvalue weighted by Crippen LogP contribution is 2.23. The maximum atomic E-state index is 11.4. The summed E-state index contributed by atoms with van der Waals surface area (Å²) in [6.07, 6.45) is 0. The Morgan fingerprint density at radius 2 is 1.84 bits per heavy atom. The van der Waals surface area contributed by atoms with Gasteiger partial charge in [0.1, 0.15) is 0 Å². The van der Waals surface area contributed by atoms with Gasteiger partial charge in [0.05, 0.1) is 6.61 Å². The van der Waals surface area contributed by atoms with Gasteiger partial charge in [0.25, 0.3) is 0 Å². The summed E-state index contributed by atoms with van der Waals surface area (Å²) < 4.78 is 4.88. The summed E-state index contributed by atoms with van der Waals surface area (Å²) in [4.78, 5) is 11.4. The molecule has 0 spiro atoms. The first kappa shape index (κ1) is 15.3. The predicted molar refractivity (Wildman–Crippen MR) is 79.4 cm³/mol. The Hall–Kier alpha value is -1.77. The molecular formula is C16H23NO2. The van der Waals surface area contributed by atoms with E-state index >= 15 is 0 Å². The normalized spacial score (nSPS) is 10.9. The number of rotatable bonds is 5. The van der Waals surface area contributed by atoms with Crippen molar-refractivity contribution in [3.63, 3.8) is 0 Å². The second kappa shape index (κ2) is 6.41. The van der Waals surface area contributed by atoms with Gasteiger partial charge < -0.3 is 10.1 Å². The summed E-state index contributed by atoms with van der Waals surface area (Å²) in [7, 11) is 0. The van der Waals surface area contributed by atoms with Gasteiger partial charge in [0.2, 0.25) is 0 Å². The topological polar surface area (TPSA) is 38.3 Å². The van der Waals surface area contributed by atoms with E-state index in [1.165, 1.54) is 5.56 Å². The molecule has 3 nitrogen and oxygen atoms in total. The minimum absolute atomic E-state index is 0.146. The molecule has 0 saturated heterocycles. The molecule has 0 fully saturated rings. The zero-order valence-corrected chi connectivity index (χ0v) is 12.2. The van der Waals surface area contributed by atoms with Crippen LogP contribution in [0.25, 0.3) is 0 Å². The highest BCUT2D eigenvalue weighted by atomic mass is 16.5. The molecule has 19 heavy (non-hydrogen) atoms. The van der Waals surface area contributed by atoms with E-state index in [1.54, 1.807) is 6.92 Å². The van der Waals surface area contributed by atoms with Crippen LogP contribution in [-0.2, 0) is 14.9 Å². The van der Waals surface area contributed by atoms with Gasteiger partial charge in [-0.1, -0.05) is 39.5 Å². The van der Waals surface area contributed by atoms with Crippen LogP contribution in [0.5, 0.6) is 0 Å². The third kappa shape index (κ3) is 4.78. The summed E-state index contributed by atoms with van der Waals surface area (Å²) in [5, 5.41) is 3.16. The average Bonchev–Trinajstić information content (AvgIpc) is 2.35. The second-order valence-electron chi connectivity index (χ2n) is 5.50. The van der Waals surface area contributed by atoms with Crippen LogP contribution in [0.15, 0.2) is 36.4 Å². The number of esters is 1. The third-order valence-electron chi connectivity index (χ3n) is 2.82. The van der Waals surface area contributed by atoms with Crippen LogP contribution in [0.1, 0.15) is 33.3 Å². The smallest absolute Gasteiger partial charge is 0.335 e. The number of benzene rings is 1. The first-order valence-electron chi connectivity index (χ1n) is 6.54. The Balaban J connectivity index is 2.55. The monoisotopic (exact) mass is 261 g/mol. The van der Waals surface area contributed by atoms with Crippen molar-refractivity contribution in [1.29, 1.82) is 0 Å². The lowest BCUT2D eigenvalue weighted by molar-refractivity contribution is -0.138. The number of carbonyl (C=O) groups excluding carboxylic acids is 1. The van der Waals surface area contributed by atoms with E-state index in [0.717, 1.165) is 5.69 Å². The Morgan fingerprint density at radius 1 is 1.26 bits per heavy atom. The third-order valence-corrected chi connectivity index (χ3v) is 2.82. The first-order valence-corrected chi connectivity index (χ1v) is 6.54. The Kier molecular flexibility index (Phi) is 5.16. The summed E-state index contributed by atoms with van der Waals surface area (Å²) >= 11 is 0. The van der Waals surface area contributed by atoms with Crippen molar-refractivity contribution in [2.75, 3.05) is 18.5 Å². The Morgan fingerprint density at radius 3 is 2.32 bits per heavy atom. The molecule has 0 aliphatic rings. The molecule has 1 N–H and O–H groups in total. The fourth-order valence-corrected chi connectivity index (χ4v) is 1.60. The number of carbonyl (C=O) groups is 1. The van der Waals surface area contributed by atoms with Gasteiger partial charge in [0.15, 0.2) is 0 Å². The molecule has 0 aliphatic heterocycles. The van der Waals surface area contributed by atoms with Gasteiger partial charge in [-0.05, 0) is 30.0 Å². The maximum absolute atomic E-state index is 11.4. The number of hydrogen-bond acceptors (Lipinski definition) is 3. The molecule has 104 valence electrons. The van der Waals surface area contributed by atoms with E-state index < -0.39 is 0 Å². The molecular weight excluding hydrogens is 238 g/mol. The minimum Gasteiger partial charge on any atom is -0.463 e. The first-order chi connectivity index (χ1) is 8.84. The molecule has 0 unspecified atom stereocenters. The fraction of sp³-hybridized carbons (Fsp3) is 0.438. The highest BCUT2D eigenvalue weighted by Gasteiger charge is 2.13. The fourth-order valence-electron chi connectivity index (χ4n) is 1.60. The SMILES string of the molecule is C=C(CNc1ccc(C(C)(C)C)cc1)C(=O)OCC. The van der Waals surface area contributed by atoms with Crippen molar-refractivity contribution in [3.8, 4) is 0 Å². The van der Waals surface area contributed by atoms with Crippen LogP contribution in [0, 0.1) is 0 Å².